The summed E-state index contributed by atoms with van der Waals surface area (Å²) in [5.74, 6) is 1.67. The number of hydrogen-bond acceptors (Lipinski definition) is 2. The Kier molecular flexibility index (Phi) is 3.42. The van der Waals surface area contributed by atoms with Crippen molar-refractivity contribution in [2.24, 2.45) is 0 Å². The molecule has 0 amide bonds. The van der Waals surface area contributed by atoms with Crippen LogP contribution in [0.15, 0.2) is 22.7 Å². The molecule has 1 aliphatic rings. The highest BCUT2D eigenvalue weighted by Crippen LogP contribution is 2.34. The summed E-state index contributed by atoms with van der Waals surface area (Å²) in [6.07, 6.45) is 2.12. The third-order valence-electron chi connectivity index (χ3n) is 2.47. The summed E-state index contributed by atoms with van der Waals surface area (Å²) in [5, 5.41) is 0.284. The van der Waals surface area contributed by atoms with E-state index in [1.807, 2.05) is 18.2 Å². The number of rotatable bonds is 3. The van der Waals surface area contributed by atoms with Crippen molar-refractivity contribution in [1.82, 2.24) is 0 Å². The lowest BCUT2D eigenvalue weighted by Crippen LogP contribution is -2.34. The maximum atomic E-state index is 5.89. The first-order chi connectivity index (χ1) is 7.19. The van der Waals surface area contributed by atoms with Gasteiger partial charge in [-0.2, -0.15) is 0 Å². The minimum absolute atomic E-state index is 0.261. The summed E-state index contributed by atoms with van der Waals surface area (Å²) in [5.41, 5.74) is 0. The summed E-state index contributed by atoms with van der Waals surface area (Å²) in [6, 6.07) is 5.69. The minimum atomic E-state index is 0.261. The molecule has 82 valence electrons. The van der Waals surface area contributed by atoms with E-state index >= 15 is 0 Å². The number of ether oxygens (including phenoxy) is 2. The molecule has 0 atom stereocenters. The summed E-state index contributed by atoms with van der Waals surface area (Å²) in [4.78, 5) is 0. The number of hydrogen-bond donors (Lipinski definition) is 0. The van der Waals surface area contributed by atoms with Crippen LogP contribution in [0, 0.1) is 0 Å². The fourth-order valence-corrected chi connectivity index (χ4v) is 2.33. The van der Waals surface area contributed by atoms with Crippen LogP contribution in [0.25, 0.3) is 0 Å². The van der Waals surface area contributed by atoms with E-state index in [4.69, 9.17) is 21.1 Å². The Morgan fingerprint density at radius 3 is 2.67 bits per heavy atom. The summed E-state index contributed by atoms with van der Waals surface area (Å²) < 4.78 is 11.8. The number of benzene rings is 1. The van der Waals surface area contributed by atoms with Gasteiger partial charge in [0.1, 0.15) is 17.6 Å². The van der Waals surface area contributed by atoms with Crippen molar-refractivity contribution in [2.75, 3.05) is 7.11 Å². The van der Waals surface area contributed by atoms with Crippen molar-refractivity contribution in [2.45, 2.75) is 24.3 Å². The second kappa shape index (κ2) is 4.62. The van der Waals surface area contributed by atoms with Crippen LogP contribution in [-0.4, -0.2) is 18.6 Å². The molecule has 0 aliphatic heterocycles. The number of halogens is 2. The van der Waals surface area contributed by atoms with E-state index in [-0.39, 0.29) is 11.5 Å². The van der Waals surface area contributed by atoms with Crippen LogP contribution in [0.4, 0.5) is 0 Å². The third kappa shape index (κ3) is 2.58. The fraction of sp³-hybridized carbons (Fsp3) is 0.455. The maximum absolute atomic E-state index is 5.89. The third-order valence-corrected chi connectivity index (χ3v) is 3.45. The molecule has 0 aromatic heterocycles. The van der Waals surface area contributed by atoms with Crippen LogP contribution in [-0.2, 0) is 0 Å². The van der Waals surface area contributed by atoms with Gasteiger partial charge < -0.3 is 9.47 Å². The van der Waals surface area contributed by atoms with Gasteiger partial charge in [-0.25, -0.2) is 0 Å². The monoisotopic (exact) mass is 290 g/mol. The molecule has 0 N–H and O–H groups in total. The lowest BCUT2D eigenvalue weighted by atomic mass is 9.95. The molecule has 0 unspecified atom stereocenters. The topological polar surface area (TPSA) is 18.5 Å². The molecule has 1 aromatic carbocycles. The van der Waals surface area contributed by atoms with E-state index < -0.39 is 0 Å². The van der Waals surface area contributed by atoms with E-state index in [1.165, 1.54) is 0 Å². The smallest absolute Gasteiger partial charge is 0.134 e. The highest BCUT2D eigenvalue weighted by Gasteiger charge is 2.29. The Bertz CT molecular complexity index is 350. The molecule has 15 heavy (non-hydrogen) atoms. The predicted octanol–water partition coefficient (Wildman–Crippen LogP) is 3.61. The van der Waals surface area contributed by atoms with E-state index in [9.17, 15) is 0 Å². The Hall–Kier alpha value is -0.410. The minimum Gasteiger partial charge on any atom is -0.497 e. The average molecular weight is 292 g/mol. The molecule has 1 aliphatic carbocycles. The first-order valence-electron chi connectivity index (χ1n) is 4.83. The predicted molar refractivity (Wildman–Crippen MR) is 64.0 cm³/mol. The van der Waals surface area contributed by atoms with Gasteiger partial charge in [0.15, 0.2) is 0 Å². The second-order valence-corrected chi connectivity index (χ2v) is 5.08. The quantitative estimate of drug-likeness (QED) is 0.792. The molecule has 0 bridgehead atoms. The van der Waals surface area contributed by atoms with E-state index in [1.54, 1.807) is 7.11 Å². The van der Waals surface area contributed by atoms with E-state index in [0.717, 1.165) is 28.8 Å². The molecule has 0 spiro atoms. The summed E-state index contributed by atoms with van der Waals surface area (Å²) >= 11 is 9.33. The molecule has 4 heteroatoms. The van der Waals surface area contributed by atoms with Crippen LogP contribution in [0.2, 0.25) is 0 Å². The Balaban J connectivity index is 2.02. The Labute approximate surface area is 103 Å². The number of methoxy groups -OCH3 is 1. The molecule has 0 saturated heterocycles. The normalized spacial score (nSPS) is 24.5. The van der Waals surface area contributed by atoms with Gasteiger partial charge in [-0.1, -0.05) is 0 Å². The highest BCUT2D eigenvalue weighted by molar-refractivity contribution is 9.10. The Morgan fingerprint density at radius 1 is 1.40 bits per heavy atom. The number of alkyl halides is 1. The van der Waals surface area contributed by atoms with Crippen molar-refractivity contribution in [1.29, 1.82) is 0 Å². The van der Waals surface area contributed by atoms with Crippen LogP contribution in [0.5, 0.6) is 11.5 Å². The lowest BCUT2D eigenvalue weighted by molar-refractivity contribution is 0.123. The summed E-state index contributed by atoms with van der Waals surface area (Å²) in [7, 11) is 1.65. The standard InChI is InChI=1S/C11H12BrClO2/c1-14-8-2-3-11(10(12)6-8)15-9-4-7(13)5-9/h2-3,6-7,9H,4-5H2,1H3. The molecular formula is C11H12BrClO2. The molecule has 1 saturated carbocycles. The van der Waals surface area contributed by atoms with Crippen LogP contribution in [0.1, 0.15) is 12.8 Å². The highest BCUT2D eigenvalue weighted by atomic mass is 79.9. The summed E-state index contributed by atoms with van der Waals surface area (Å²) in [6.45, 7) is 0. The van der Waals surface area contributed by atoms with Gasteiger partial charge in [-0.05, 0) is 34.1 Å². The zero-order valence-electron chi connectivity index (χ0n) is 8.37. The van der Waals surface area contributed by atoms with E-state index in [2.05, 4.69) is 15.9 Å². The van der Waals surface area contributed by atoms with Crippen molar-refractivity contribution in [3.8, 4) is 11.5 Å². The van der Waals surface area contributed by atoms with Gasteiger partial charge in [0.05, 0.1) is 11.6 Å². The fourth-order valence-electron chi connectivity index (χ4n) is 1.48. The molecule has 0 radical (unpaired) electrons. The van der Waals surface area contributed by atoms with Gasteiger partial charge in [-0.15, -0.1) is 11.6 Å². The van der Waals surface area contributed by atoms with Gasteiger partial charge in [-0.3, -0.25) is 0 Å². The average Bonchev–Trinajstić information content (AvgIpc) is 2.18. The zero-order chi connectivity index (χ0) is 10.8. The molecule has 2 nitrogen and oxygen atoms in total. The van der Waals surface area contributed by atoms with Gasteiger partial charge in [0.2, 0.25) is 0 Å². The molecule has 0 heterocycles. The van der Waals surface area contributed by atoms with Gasteiger partial charge in [0, 0.05) is 18.2 Å². The van der Waals surface area contributed by atoms with Crippen LogP contribution >= 0.6 is 27.5 Å². The van der Waals surface area contributed by atoms with Crippen molar-refractivity contribution < 1.29 is 9.47 Å². The molecule has 1 fully saturated rings. The van der Waals surface area contributed by atoms with Crippen molar-refractivity contribution >= 4 is 27.5 Å². The first kappa shape index (κ1) is 11.1. The molecule has 2 rings (SSSR count). The molecule has 1 aromatic rings. The van der Waals surface area contributed by atoms with Gasteiger partial charge >= 0.3 is 0 Å². The van der Waals surface area contributed by atoms with E-state index in [0.29, 0.717) is 0 Å². The molecular weight excluding hydrogens is 279 g/mol. The SMILES string of the molecule is COc1ccc(OC2CC(Cl)C2)c(Br)c1. The van der Waals surface area contributed by atoms with Gasteiger partial charge in [0.25, 0.3) is 0 Å². The zero-order valence-corrected chi connectivity index (χ0v) is 10.7. The largest absolute Gasteiger partial charge is 0.497 e. The maximum Gasteiger partial charge on any atom is 0.134 e. The lowest BCUT2D eigenvalue weighted by Gasteiger charge is -2.31. The first-order valence-corrected chi connectivity index (χ1v) is 6.06. The van der Waals surface area contributed by atoms with Crippen molar-refractivity contribution in [3.63, 3.8) is 0 Å². The second-order valence-electron chi connectivity index (χ2n) is 3.60. The van der Waals surface area contributed by atoms with Crippen LogP contribution in [0.3, 0.4) is 0 Å². The van der Waals surface area contributed by atoms with Crippen LogP contribution < -0.4 is 9.47 Å². The Morgan fingerprint density at radius 2 is 2.13 bits per heavy atom. The van der Waals surface area contributed by atoms with Crippen molar-refractivity contribution in [3.05, 3.63) is 22.7 Å².